The van der Waals surface area contributed by atoms with Gasteiger partial charge in [-0.2, -0.15) is 0 Å². The van der Waals surface area contributed by atoms with Crippen LogP contribution in [0.2, 0.25) is 0 Å². The molecule has 0 radical (unpaired) electrons. The van der Waals surface area contributed by atoms with E-state index in [1.54, 1.807) is 10.8 Å². The van der Waals surface area contributed by atoms with Crippen molar-refractivity contribution >= 4 is 55.9 Å². The summed E-state index contributed by atoms with van der Waals surface area (Å²) < 4.78 is 30.6. The van der Waals surface area contributed by atoms with E-state index in [9.17, 15) is 9.59 Å². The Bertz CT molecular complexity index is 1750. The zero-order valence-electron chi connectivity index (χ0n) is 23.1. The molecule has 2 saturated heterocycles. The molecule has 218 valence electrons. The number of nitrogens with one attached hydrogen (secondary N) is 2. The Balaban J connectivity index is 1.30. The Morgan fingerprint density at radius 3 is 2.74 bits per heavy atom. The highest BCUT2D eigenvalue weighted by atomic mass is 127. The fourth-order valence-electron chi connectivity index (χ4n) is 6.48. The molecule has 8 nitrogen and oxygen atoms in total. The molecular weight excluding hydrogens is 650 g/mol. The first-order valence-corrected chi connectivity index (χ1v) is 16.1. The largest absolute Gasteiger partial charge is 0.451 e. The van der Waals surface area contributed by atoms with E-state index in [1.807, 2.05) is 36.4 Å². The molecule has 3 aliphatic rings. The molecule has 0 aliphatic carbocycles. The summed E-state index contributed by atoms with van der Waals surface area (Å²) in [7, 11) is 0. The van der Waals surface area contributed by atoms with E-state index in [0.29, 0.717) is 42.7 Å². The Labute approximate surface area is 256 Å². The molecule has 2 atom stereocenters. The second kappa shape index (κ2) is 11.5. The number of hydrogen-bond acceptors (Lipinski definition) is 6. The molecule has 1 amide bonds. The highest BCUT2D eigenvalue weighted by Gasteiger charge is 2.30. The fourth-order valence-corrected chi connectivity index (χ4v) is 7.38. The van der Waals surface area contributed by atoms with Crippen LogP contribution in [-0.2, 0) is 4.74 Å². The van der Waals surface area contributed by atoms with Crippen molar-refractivity contribution in [3.8, 4) is 17.2 Å². The number of ether oxygens (including phenoxy) is 2. The molecule has 0 saturated carbocycles. The monoisotopic (exact) mass is 682 g/mol. The lowest BCUT2D eigenvalue weighted by Gasteiger charge is -2.27. The van der Waals surface area contributed by atoms with E-state index in [2.05, 4.69) is 38.1 Å². The Morgan fingerprint density at radius 1 is 1.12 bits per heavy atom. The number of halogens is 2. The Morgan fingerprint density at radius 2 is 1.95 bits per heavy atom. The topological polar surface area (TPSA) is 84.8 Å². The summed E-state index contributed by atoms with van der Waals surface area (Å²) in [6.45, 7) is 2.65. The van der Waals surface area contributed by atoms with Gasteiger partial charge in [-0.1, -0.05) is 46.9 Å². The predicted octanol–water partition coefficient (Wildman–Crippen LogP) is 5.96. The number of rotatable bonds is 8. The molecular formula is C32H32FIN4O4. The quantitative estimate of drug-likeness (QED) is 0.120. The summed E-state index contributed by atoms with van der Waals surface area (Å²) in [5.41, 5.74) is 0.747. The van der Waals surface area contributed by atoms with Gasteiger partial charge in [0.15, 0.2) is 17.3 Å². The van der Waals surface area contributed by atoms with Gasteiger partial charge in [0.05, 0.1) is 21.7 Å². The van der Waals surface area contributed by atoms with Crippen LogP contribution in [0.4, 0.5) is 10.1 Å². The third-order valence-corrected chi connectivity index (χ3v) is 9.56. The molecule has 1 unspecified atom stereocenters. The molecule has 3 aliphatic heterocycles. The van der Waals surface area contributed by atoms with E-state index < -0.39 is 17.2 Å². The number of amides is 1. The molecule has 7 rings (SSSR count). The van der Waals surface area contributed by atoms with Crippen molar-refractivity contribution < 1.29 is 18.7 Å². The number of likely N-dealkylation sites (tertiary alicyclic amines) is 1. The maximum Gasteiger partial charge on any atom is 0.256 e. The minimum atomic E-state index is -0.610. The third-order valence-electron chi connectivity index (χ3n) is 8.69. The van der Waals surface area contributed by atoms with Gasteiger partial charge in [-0.25, -0.2) is 4.39 Å². The summed E-state index contributed by atoms with van der Waals surface area (Å²) >= 11 is 2.38. The zero-order chi connectivity index (χ0) is 28.8. The summed E-state index contributed by atoms with van der Waals surface area (Å²) in [5, 5.41) is 8.20. The lowest BCUT2D eigenvalue weighted by atomic mass is 10.0. The standard InChI is InChI=1S/C32H32FIN4O4/c33-25-15-23-29-31(28(25)36-16-22-8-4-12-41-22)42-27-14-20-6-2-1-5-19(20)13-26(27)38(29)17-24(30(23)39)32(40)35-10-9-21-7-3-11-37(21)18-34/h1-2,5-6,13-15,17,21-22,36H,3-4,7-12,16,18H2,(H,35,40)/t21?,22-/m0/s1. The maximum absolute atomic E-state index is 15.7. The first-order valence-electron chi connectivity index (χ1n) is 14.6. The first-order chi connectivity index (χ1) is 20.5. The van der Waals surface area contributed by atoms with Gasteiger partial charge < -0.3 is 24.7 Å². The summed E-state index contributed by atoms with van der Waals surface area (Å²) in [6.07, 6.45) is 6.51. The highest BCUT2D eigenvalue weighted by Crippen LogP contribution is 2.46. The minimum absolute atomic E-state index is 0.0198. The molecule has 0 bridgehead atoms. The number of carbonyl (C=O) groups excluding carboxylic acids is 1. The van der Waals surface area contributed by atoms with Gasteiger partial charge in [0, 0.05) is 31.9 Å². The highest BCUT2D eigenvalue weighted by molar-refractivity contribution is 14.1. The van der Waals surface area contributed by atoms with Crippen molar-refractivity contribution in [2.75, 3.05) is 36.1 Å². The van der Waals surface area contributed by atoms with Gasteiger partial charge in [0.2, 0.25) is 5.43 Å². The SMILES string of the molecule is O=C(NCCC1CCCN1CI)c1cn2c3c(c(NC[C@@H]4CCCO4)c(F)cc3c1=O)Oc1cc3ccccc3cc1-2. The molecule has 2 fully saturated rings. The first kappa shape index (κ1) is 27.6. The fraction of sp³-hybridized carbons (Fsp3) is 0.375. The van der Waals surface area contributed by atoms with Crippen LogP contribution in [0.15, 0.2) is 53.5 Å². The summed E-state index contributed by atoms with van der Waals surface area (Å²) in [6, 6.07) is 13.4. The van der Waals surface area contributed by atoms with E-state index >= 15 is 4.39 Å². The van der Waals surface area contributed by atoms with Crippen LogP contribution in [0.5, 0.6) is 11.5 Å². The molecule has 42 heavy (non-hydrogen) atoms. The Hall–Kier alpha value is -3.22. The second-order valence-electron chi connectivity index (χ2n) is 11.3. The number of fused-ring (bicyclic) bond motifs is 3. The summed E-state index contributed by atoms with van der Waals surface area (Å²) in [5.74, 6) is -0.319. The predicted molar refractivity (Wildman–Crippen MR) is 170 cm³/mol. The van der Waals surface area contributed by atoms with Gasteiger partial charge in [0.1, 0.15) is 16.8 Å². The second-order valence-corrected chi connectivity index (χ2v) is 11.9. The van der Waals surface area contributed by atoms with Crippen LogP contribution >= 0.6 is 22.6 Å². The van der Waals surface area contributed by atoms with Crippen molar-refractivity contribution in [1.29, 1.82) is 0 Å². The van der Waals surface area contributed by atoms with Crippen molar-refractivity contribution in [1.82, 2.24) is 14.8 Å². The van der Waals surface area contributed by atoms with Crippen molar-refractivity contribution in [3.63, 3.8) is 0 Å². The molecule has 2 N–H and O–H groups in total. The average molecular weight is 683 g/mol. The van der Waals surface area contributed by atoms with Crippen LogP contribution in [0, 0.1) is 5.82 Å². The normalized spacial score (nSPS) is 19.7. The Kier molecular flexibility index (Phi) is 7.53. The number of anilines is 1. The third kappa shape index (κ3) is 4.92. The number of benzene rings is 3. The van der Waals surface area contributed by atoms with Crippen LogP contribution < -0.4 is 20.8 Å². The average Bonchev–Trinajstić information content (AvgIpc) is 3.69. The molecule has 10 heteroatoms. The number of nitrogens with zero attached hydrogens (tertiary/aromatic N) is 2. The maximum atomic E-state index is 15.7. The van der Waals surface area contributed by atoms with Gasteiger partial charge >= 0.3 is 0 Å². The van der Waals surface area contributed by atoms with E-state index in [4.69, 9.17) is 9.47 Å². The van der Waals surface area contributed by atoms with Crippen LogP contribution in [0.25, 0.3) is 27.4 Å². The molecule has 4 aromatic rings. The molecule has 1 aromatic heterocycles. The van der Waals surface area contributed by atoms with E-state index in [0.717, 1.165) is 54.0 Å². The van der Waals surface area contributed by atoms with E-state index in [1.165, 1.54) is 6.07 Å². The molecule has 3 aromatic carbocycles. The number of alkyl halides is 1. The minimum Gasteiger partial charge on any atom is -0.451 e. The number of hydrogen-bond donors (Lipinski definition) is 2. The smallest absolute Gasteiger partial charge is 0.256 e. The van der Waals surface area contributed by atoms with Crippen LogP contribution in [0.3, 0.4) is 0 Å². The van der Waals surface area contributed by atoms with Gasteiger partial charge in [0.25, 0.3) is 5.91 Å². The van der Waals surface area contributed by atoms with Gasteiger partial charge in [-0.3, -0.25) is 14.5 Å². The van der Waals surface area contributed by atoms with Crippen LogP contribution in [-0.4, -0.2) is 58.3 Å². The number of pyridine rings is 1. The molecule has 0 spiro atoms. The van der Waals surface area contributed by atoms with Gasteiger partial charge in [-0.15, -0.1) is 0 Å². The number of aromatic nitrogens is 1. The summed E-state index contributed by atoms with van der Waals surface area (Å²) in [4.78, 5) is 29.6. The van der Waals surface area contributed by atoms with E-state index in [-0.39, 0.29) is 28.5 Å². The lowest BCUT2D eigenvalue weighted by Crippen LogP contribution is -2.35. The van der Waals surface area contributed by atoms with Crippen LogP contribution in [0.1, 0.15) is 42.5 Å². The van der Waals surface area contributed by atoms with Crippen molar-refractivity contribution in [2.45, 2.75) is 44.2 Å². The molecule has 4 heterocycles. The lowest BCUT2D eigenvalue weighted by molar-refractivity contribution is 0.0948. The zero-order valence-corrected chi connectivity index (χ0v) is 25.3. The van der Waals surface area contributed by atoms with Gasteiger partial charge in [-0.05, 0) is 67.6 Å². The number of carbonyl (C=O) groups is 1. The van der Waals surface area contributed by atoms with Crippen molar-refractivity contribution in [2.24, 2.45) is 0 Å². The van der Waals surface area contributed by atoms with Crippen molar-refractivity contribution in [3.05, 3.63) is 70.3 Å².